The molecule has 1 saturated heterocycles. The molecule has 228 valence electrons. The number of hydrogen-bond donors (Lipinski definition) is 3. The minimum absolute atomic E-state index is 0.00995. The molecule has 3 N–H and O–H groups in total. The van der Waals surface area contributed by atoms with Gasteiger partial charge in [0.1, 0.15) is 30.0 Å². The highest BCUT2D eigenvalue weighted by Crippen LogP contribution is 2.39. The van der Waals surface area contributed by atoms with Crippen molar-refractivity contribution in [1.29, 1.82) is 0 Å². The van der Waals surface area contributed by atoms with Gasteiger partial charge >= 0.3 is 12.1 Å². The van der Waals surface area contributed by atoms with E-state index in [-0.39, 0.29) is 36.6 Å². The Labute approximate surface area is 246 Å². The number of carboxylic acid groups (broad SMARTS) is 1. The van der Waals surface area contributed by atoms with Gasteiger partial charge in [0.2, 0.25) is 11.8 Å². The van der Waals surface area contributed by atoms with Gasteiger partial charge in [-0.25, -0.2) is 14.6 Å². The Morgan fingerprint density at radius 1 is 1.07 bits per heavy atom. The van der Waals surface area contributed by atoms with Crippen LogP contribution in [0.3, 0.4) is 0 Å². The molecule has 2 aromatic rings. The minimum Gasteiger partial charge on any atom is -0.507 e. The van der Waals surface area contributed by atoms with Crippen molar-refractivity contribution in [3.63, 3.8) is 0 Å². The number of nitrogens with one attached hydrogen (secondary N) is 1. The van der Waals surface area contributed by atoms with Gasteiger partial charge in [0.25, 0.3) is 0 Å². The first kappa shape index (κ1) is 29.9. The van der Waals surface area contributed by atoms with Crippen LogP contribution in [0, 0.1) is 17.3 Å². The maximum absolute atomic E-state index is 13.9. The number of fused-ring (bicyclic) bond motifs is 5. The molecule has 2 amide bonds. The normalized spacial score (nSPS) is 29.5. The van der Waals surface area contributed by atoms with Gasteiger partial charge < -0.3 is 29.9 Å². The van der Waals surface area contributed by atoms with Crippen molar-refractivity contribution in [2.24, 2.45) is 17.3 Å². The predicted octanol–water partition coefficient (Wildman–Crippen LogP) is 5.05. The molecule has 2 aliphatic heterocycles. The number of ether oxygens (including phenoxy) is 2. The fourth-order valence-corrected chi connectivity index (χ4v) is 6.85. The van der Waals surface area contributed by atoms with Crippen molar-refractivity contribution in [3.05, 3.63) is 29.8 Å². The molecular formula is C32H43N3O7. The number of carbonyl (C=O) groups is 3. The molecule has 2 bridgehead atoms. The fraction of sp³-hybridized carbons (Fsp3) is 0.625. The quantitative estimate of drug-likeness (QED) is 0.426. The number of aromatic nitrogens is 1. The molecule has 3 aliphatic rings. The van der Waals surface area contributed by atoms with Crippen molar-refractivity contribution in [1.82, 2.24) is 15.2 Å². The summed E-state index contributed by atoms with van der Waals surface area (Å²) in [5.74, 6) is -0.602. The molecule has 1 saturated carbocycles. The molecule has 0 radical (unpaired) electrons. The van der Waals surface area contributed by atoms with E-state index in [1.54, 1.807) is 6.07 Å². The summed E-state index contributed by atoms with van der Waals surface area (Å²) >= 11 is 0. The first-order valence-corrected chi connectivity index (χ1v) is 15.2. The van der Waals surface area contributed by atoms with Crippen LogP contribution < -0.4 is 10.1 Å². The van der Waals surface area contributed by atoms with E-state index < -0.39 is 41.6 Å². The smallest absolute Gasteiger partial charge is 0.408 e. The molecule has 1 aromatic carbocycles. The maximum Gasteiger partial charge on any atom is 0.408 e. The fourth-order valence-electron chi connectivity index (χ4n) is 6.85. The summed E-state index contributed by atoms with van der Waals surface area (Å²) in [5.41, 5.74) is 0.468. The monoisotopic (exact) mass is 581 g/mol. The zero-order valence-electron chi connectivity index (χ0n) is 25.0. The maximum atomic E-state index is 13.9. The number of pyridine rings is 1. The van der Waals surface area contributed by atoms with Gasteiger partial charge in [0.05, 0.1) is 17.6 Å². The lowest BCUT2D eigenvalue weighted by Gasteiger charge is -2.35. The second kappa shape index (κ2) is 12.0. The minimum atomic E-state index is -1.15. The third kappa shape index (κ3) is 6.13. The van der Waals surface area contributed by atoms with Crippen LogP contribution in [-0.2, 0) is 20.7 Å². The summed E-state index contributed by atoms with van der Waals surface area (Å²) in [6, 6.07) is 5.17. The van der Waals surface area contributed by atoms with Gasteiger partial charge in [-0.15, -0.1) is 0 Å². The SMILES string of the molecule is CC1CC[C@H]2OC(=O)N[C@@H](C(C)(C)C)C(=O)N3C[C@@H](C[C@H]3C(=O)O)Oc3nc4ccccc4c(O)c3CCCCC[C@H]12. The zero-order chi connectivity index (χ0) is 30.2. The lowest BCUT2D eigenvalue weighted by atomic mass is 9.85. The number of hydrogen-bond acceptors (Lipinski definition) is 7. The summed E-state index contributed by atoms with van der Waals surface area (Å²) in [6.07, 6.45) is 4.41. The molecule has 6 atom stereocenters. The largest absolute Gasteiger partial charge is 0.507 e. The molecule has 3 heterocycles. The van der Waals surface area contributed by atoms with E-state index in [1.807, 2.05) is 39.0 Å². The van der Waals surface area contributed by atoms with E-state index in [2.05, 4.69) is 12.2 Å². The second-order valence-electron chi connectivity index (χ2n) is 13.3. The van der Waals surface area contributed by atoms with Crippen LogP contribution in [0.25, 0.3) is 10.9 Å². The standard InChI is InChI=1S/C32H43N3O7/c1-18-14-15-25-20(18)10-6-5-7-12-22-26(36)21-11-8-9-13-23(21)33-28(22)41-19-16-24(30(38)39)35(17-19)29(37)27(32(2,3)4)34-31(40)42-25/h8-9,11,13,18-20,24-25,27H,5-7,10,12,14-17H2,1-4H3,(H,33,36)(H,34,40)(H,38,39)/t18?,19-,20-,24+,25-,27-/m1/s1. The lowest BCUT2D eigenvalue weighted by molar-refractivity contribution is -0.150. The zero-order valence-corrected chi connectivity index (χ0v) is 25.0. The van der Waals surface area contributed by atoms with Crippen LogP contribution in [0.2, 0.25) is 0 Å². The Hall–Kier alpha value is -3.56. The van der Waals surface area contributed by atoms with E-state index >= 15 is 0 Å². The highest BCUT2D eigenvalue weighted by molar-refractivity contribution is 5.90. The van der Waals surface area contributed by atoms with Crippen LogP contribution in [0.5, 0.6) is 11.6 Å². The summed E-state index contributed by atoms with van der Waals surface area (Å²) in [7, 11) is 0. The molecule has 42 heavy (non-hydrogen) atoms. The van der Waals surface area contributed by atoms with Crippen molar-refractivity contribution < 1.29 is 34.1 Å². The van der Waals surface area contributed by atoms with Gasteiger partial charge in [-0.3, -0.25) is 4.79 Å². The molecule has 1 unspecified atom stereocenters. The Kier molecular flexibility index (Phi) is 8.53. The van der Waals surface area contributed by atoms with E-state index in [4.69, 9.17) is 14.5 Å². The number of nitrogens with zero attached hydrogens (tertiary/aromatic N) is 2. The van der Waals surface area contributed by atoms with Crippen LogP contribution in [-0.4, -0.2) is 68.9 Å². The number of para-hydroxylation sites is 1. The third-order valence-corrected chi connectivity index (χ3v) is 9.25. The van der Waals surface area contributed by atoms with Gasteiger partial charge in [-0.2, -0.15) is 0 Å². The third-order valence-electron chi connectivity index (χ3n) is 9.25. The van der Waals surface area contributed by atoms with E-state index in [0.29, 0.717) is 28.8 Å². The Balaban J connectivity index is 1.51. The van der Waals surface area contributed by atoms with E-state index in [9.17, 15) is 24.6 Å². The molecule has 2 fully saturated rings. The predicted molar refractivity (Wildman–Crippen MR) is 156 cm³/mol. The summed E-state index contributed by atoms with van der Waals surface area (Å²) in [6.45, 7) is 7.69. The topological polar surface area (TPSA) is 138 Å². The van der Waals surface area contributed by atoms with E-state index in [0.717, 1.165) is 38.5 Å². The van der Waals surface area contributed by atoms with Crippen molar-refractivity contribution in [2.45, 2.75) is 103 Å². The van der Waals surface area contributed by atoms with Crippen LogP contribution in [0.15, 0.2) is 24.3 Å². The number of rotatable bonds is 1. The molecule has 1 aliphatic carbocycles. The first-order valence-electron chi connectivity index (χ1n) is 15.2. The molecule has 10 heteroatoms. The Morgan fingerprint density at radius 2 is 1.83 bits per heavy atom. The summed E-state index contributed by atoms with van der Waals surface area (Å²) in [4.78, 5) is 45.4. The van der Waals surface area contributed by atoms with Crippen LogP contribution >= 0.6 is 0 Å². The molecular weight excluding hydrogens is 538 g/mol. The number of carbonyl (C=O) groups excluding carboxylic acids is 2. The summed E-state index contributed by atoms with van der Waals surface area (Å²) < 4.78 is 12.2. The van der Waals surface area contributed by atoms with Crippen LogP contribution in [0.4, 0.5) is 4.79 Å². The highest BCUT2D eigenvalue weighted by atomic mass is 16.6. The average Bonchev–Trinajstić information content (AvgIpc) is 3.50. The number of aliphatic carboxylic acids is 1. The summed E-state index contributed by atoms with van der Waals surface area (Å²) in [5, 5.41) is 24.8. The number of carboxylic acids is 1. The van der Waals surface area contributed by atoms with Crippen molar-refractivity contribution in [2.75, 3.05) is 6.54 Å². The Bertz CT molecular complexity index is 1340. The van der Waals surface area contributed by atoms with Gasteiger partial charge in [-0.1, -0.05) is 52.7 Å². The van der Waals surface area contributed by atoms with Crippen molar-refractivity contribution in [3.8, 4) is 11.6 Å². The van der Waals surface area contributed by atoms with Crippen LogP contribution in [0.1, 0.15) is 78.2 Å². The van der Waals surface area contributed by atoms with Gasteiger partial charge in [0.15, 0.2) is 0 Å². The molecule has 10 nitrogen and oxygen atoms in total. The highest BCUT2D eigenvalue weighted by Gasteiger charge is 2.46. The lowest BCUT2D eigenvalue weighted by Crippen LogP contribution is -2.57. The second-order valence-corrected chi connectivity index (χ2v) is 13.3. The van der Waals surface area contributed by atoms with Crippen molar-refractivity contribution >= 4 is 28.9 Å². The Morgan fingerprint density at radius 3 is 2.57 bits per heavy atom. The average molecular weight is 582 g/mol. The molecule has 1 aromatic heterocycles. The molecule has 0 spiro atoms. The van der Waals surface area contributed by atoms with Gasteiger partial charge in [-0.05, 0) is 61.5 Å². The number of alkyl carbamates (subject to hydrolysis) is 1. The molecule has 5 rings (SSSR count). The number of aromatic hydroxyl groups is 1. The van der Waals surface area contributed by atoms with E-state index in [1.165, 1.54) is 4.90 Å². The number of amides is 2. The van der Waals surface area contributed by atoms with Gasteiger partial charge in [0, 0.05) is 11.8 Å². The first-order chi connectivity index (χ1) is 19.9. The number of benzene rings is 1.